The summed E-state index contributed by atoms with van der Waals surface area (Å²) in [7, 11) is 0. The first-order valence-electron chi connectivity index (χ1n) is 6.77. The Kier molecular flexibility index (Phi) is 4.27. The minimum atomic E-state index is -0.571. The number of carbonyl (C=O) groups excluding carboxylic acids is 2. The number of hydrogen-bond acceptors (Lipinski definition) is 7. The van der Waals surface area contributed by atoms with Gasteiger partial charge in [0.25, 0.3) is 11.8 Å². The summed E-state index contributed by atoms with van der Waals surface area (Å²) in [5.74, 6) is -0.682. The fraction of sp³-hybridized carbons (Fsp3) is 0.385. The molecule has 0 bridgehead atoms. The molecule has 2 aromatic rings. The highest BCUT2D eigenvalue weighted by molar-refractivity contribution is 7.13. The van der Waals surface area contributed by atoms with Gasteiger partial charge in [0, 0.05) is 30.2 Å². The Morgan fingerprint density at radius 1 is 1.36 bits per heavy atom. The molecular weight excluding hydrogens is 306 g/mol. The molecule has 1 aliphatic rings. The summed E-state index contributed by atoms with van der Waals surface area (Å²) in [4.78, 5) is 29.4. The second kappa shape index (κ2) is 6.34. The molecule has 116 valence electrons. The number of thiazole rings is 1. The standard InChI is InChI=1S/C13H15N5O3S/c14-12(20)10-8-22-13(16-10)9-5-15-18(6-9)11(19)7-17-1-3-21-4-2-17/h5-6,8H,1-4,7H2,(H2,14,20). The van der Waals surface area contributed by atoms with Crippen LogP contribution < -0.4 is 5.73 Å². The van der Waals surface area contributed by atoms with Gasteiger partial charge in [-0.25, -0.2) is 9.67 Å². The lowest BCUT2D eigenvalue weighted by Gasteiger charge is -2.25. The van der Waals surface area contributed by atoms with Crippen molar-refractivity contribution in [3.8, 4) is 10.6 Å². The van der Waals surface area contributed by atoms with Crippen molar-refractivity contribution in [1.29, 1.82) is 0 Å². The second-order valence-electron chi connectivity index (χ2n) is 4.86. The monoisotopic (exact) mass is 321 g/mol. The fourth-order valence-corrected chi connectivity index (χ4v) is 2.90. The second-order valence-corrected chi connectivity index (χ2v) is 5.72. The maximum Gasteiger partial charge on any atom is 0.268 e. The van der Waals surface area contributed by atoms with Gasteiger partial charge in [-0.1, -0.05) is 0 Å². The first kappa shape index (κ1) is 14.8. The zero-order chi connectivity index (χ0) is 15.5. The van der Waals surface area contributed by atoms with Gasteiger partial charge in [0.15, 0.2) is 0 Å². The van der Waals surface area contributed by atoms with Gasteiger partial charge in [0.1, 0.15) is 10.7 Å². The summed E-state index contributed by atoms with van der Waals surface area (Å²) >= 11 is 1.29. The van der Waals surface area contributed by atoms with Crippen LogP contribution in [0.2, 0.25) is 0 Å². The molecular formula is C13H15N5O3S. The van der Waals surface area contributed by atoms with Crippen LogP contribution in [0.25, 0.3) is 10.6 Å². The van der Waals surface area contributed by atoms with Gasteiger partial charge in [-0.15, -0.1) is 11.3 Å². The van der Waals surface area contributed by atoms with E-state index in [0.29, 0.717) is 30.3 Å². The van der Waals surface area contributed by atoms with E-state index in [1.165, 1.54) is 16.0 Å². The number of hydrogen-bond donors (Lipinski definition) is 1. The molecule has 3 heterocycles. The third-order valence-electron chi connectivity index (χ3n) is 3.30. The molecule has 1 amide bonds. The molecule has 2 N–H and O–H groups in total. The highest BCUT2D eigenvalue weighted by atomic mass is 32.1. The molecule has 0 spiro atoms. The number of nitrogens with two attached hydrogens (primary N) is 1. The van der Waals surface area contributed by atoms with Gasteiger partial charge in [-0.2, -0.15) is 5.10 Å². The van der Waals surface area contributed by atoms with Gasteiger partial charge in [-0.3, -0.25) is 14.5 Å². The molecule has 3 rings (SSSR count). The molecule has 1 aliphatic heterocycles. The van der Waals surface area contributed by atoms with Crippen molar-refractivity contribution in [2.24, 2.45) is 5.73 Å². The summed E-state index contributed by atoms with van der Waals surface area (Å²) in [6.45, 7) is 3.08. The Balaban J connectivity index is 1.69. The number of ether oxygens (including phenoxy) is 1. The summed E-state index contributed by atoms with van der Waals surface area (Å²) in [5, 5.41) is 6.27. The molecule has 1 fully saturated rings. The number of nitrogens with zero attached hydrogens (tertiary/aromatic N) is 4. The van der Waals surface area contributed by atoms with Crippen LogP contribution in [0.1, 0.15) is 15.3 Å². The predicted molar refractivity (Wildman–Crippen MR) is 79.7 cm³/mol. The van der Waals surface area contributed by atoms with Crippen LogP contribution in [-0.4, -0.2) is 64.3 Å². The Morgan fingerprint density at radius 3 is 2.82 bits per heavy atom. The number of rotatable bonds is 4. The number of amides is 1. The number of primary amides is 1. The molecule has 0 aromatic carbocycles. The van der Waals surface area contributed by atoms with E-state index >= 15 is 0 Å². The molecule has 0 radical (unpaired) electrons. The number of carbonyl (C=O) groups is 2. The fourth-order valence-electron chi connectivity index (χ4n) is 2.11. The van der Waals surface area contributed by atoms with E-state index in [4.69, 9.17) is 10.5 Å². The van der Waals surface area contributed by atoms with Crippen LogP contribution in [0.4, 0.5) is 0 Å². The lowest BCUT2D eigenvalue weighted by Crippen LogP contribution is -2.40. The van der Waals surface area contributed by atoms with E-state index in [1.54, 1.807) is 17.8 Å². The molecule has 0 unspecified atom stereocenters. The maximum atomic E-state index is 12.2. The first-order chi connectivity index (χ1) is 10.6. The average Bonchev–Trinajstić information content (AvgIpc) is 3.17. The van der Waals surface area contributed by atoms with Crippen LogP contribution in [0.5, 0.6) is 0 Å². The van der Waals surface area contributed by atoms with Gasteiger partial charge >= 0.3 is 0 Å². The third kappa shape index (κ3) is 3.21. The Bertz CT molecular complexity index is 689. The lowest BCUT2D eigenvalue weighted by atomic mass is 10.3. The van der Waals surface area contributed by atoms with Crippen molar-refractivity contribution in [3.05, 3.63) is 23.5 Å². The zero-order valence-electron chi connectivity index (χ0n) is 11.8. The molecule has 9 heteroatoms. The Morgan fingerprint density at radius 2 is 2.14 bits per heavy atom. The van der Waals surface area contributed by atoms with Crippen LogP contribution in [0.15, 0.2) is 17.8 Å². The Hall–Kier alpha value is -2.10. The van der Waals surface area contributed by atoms with E-state index in [2.05, 4.69) is 10.1 Å². The van der Waals surface area contributed by atoms with E-state index in [1.807, 2.05) is 4.90 Å². The third-order valence-corrected chi connectivity index (χ3v) is 4.20. The van der Waals surface area contributed by atoms with Gasteiger partial charge < -0.3 is 10.5 Å². The van der Waals surface area contributed by atoms with Crippen LogP contribution >= 0.6 is 11.3 Å². The van der Waals surface area contributed by atoms with Crippen molar-refractivity contribution < 1.29 is 14.3 Å². The summed E-state index contributed by atoms with van der Waals surface area (Å²) in [5.41, 5.74) is 6.08. The highest BCUT2D eigenvalue weighted by Crippen LogP contribution is 2.22. The quantitative estimate of drug-likeness (QED) is 0.855. The number of morpholine rings is 1. The van der Waals surface area contributed by atoms with E-state index < -0.39 is 5.91 Å². The molecule has 0 aliphatic carbocycles. The SMILES string of the molecule is NC(=O)c1csc(-c2cnn(C(=O)CN3CCOCC3)c2)n1. The average molecular weight is 321 g/mol. The summed E-state index contributed by atoms with van der Waals surface area (Å²) in [6, 6.07) is 0. The predicted octanol–water partition coefficient (Wildman–Crippen LogP) is 0.0779. The normalized spacial score (nSPS) is 15.8. The molecule has 2 aromatic heterocycles. The van der Waals surface area contributed by atoms with E-state index in [9.17, 15) is 9.59 Å². The lowest BCUT2D eigenvalue weighted by molar-refractivity contribution is 0.0344. The minimum absolute atomic E-state index is 0.111. The maximum absolute atomic E-state index is 12.2. The molecule has 22 heavy (non-hydrogen) atoms. The van der Waals surface area contributed by atoms with Crippen LogP contribution in [0.3, 0.4) is 0 Å². The molecule has 1 saturated heterocycles. The largest absolute Gasteiger partial charge is 0.379 e. The topological polar surface area (TPSA) is 103 Å². The van der Waals surface area contributed by atoms with Crippen molar-refractivity contribution in [1.82, 2.24) is 19.7 Å². The van der Waals surface area contributed by atoms with Crippen LogP contribution in [-0.2, 0) is 4.74 Å². The van der Waals surface area contributed by atoms with Gasteiger partial charge in [0.05, 0.1) is 26.0 Å². The van der Waals surface area contributed by atoms with E-state index in [0.717, 1.165) is 13.1 Å². The zero-order valence-corrected chi connectivity index (χ0v) is 12.6. The van der Waals surface area contributed by atoms with Crippen molar-refractivity contribution in [3.63, 3.8) is 0 Å². The molecule has 0 saturated carbocycles. The van der Waals surface area contributed by atoms with Crippen molar-refractivity contribution in [2.75, 3.05) is 32.8 Å². The number of aromatic nitrogens is 3. The summed E-state index contributed by atoms with van der Waals surface area (Å²) < 4.78 is 6.55. The molecule has 0 atom stereocenters. The van der Waals surface area contributed by atoms with Crippen molar-refractivity contribution in [2.45, 2.75) is 0 Å². The molecule has 8 nitrogen and oxygen atoms in total. The first-order valence-corrected chi connectivity index (χ1v) is 7.65. The smallest absolute Gasteiger partial charge is 0.268 e. The van der Waals surface area contributed by atoms with E-state index in [-0.39, 0.29) is 11.6 Å². The van der Waals surface area contributed by atoms with Crippen LogP contribution in [0, 0.1) is 0 Å². The van der Waals surface area contributed by atoms with Gasteiger partial charge in [0.2, 0.25) is 0 Å². The minimum Gasteiger partial charge on any atom is -0.379 e. The highest BCUT2D eigenvalue weighted by Gasteiger charge is 2.17. The van der Waals surface area contributed by atoms with Gasteiger partial charge in [-0.05, 0) is 0 Å². The Labute approximate surface area is 130 Å². The van der Waals surface area contributed by atoms with Crippen molar-refractivity contribution >= 4 is 23.2 Å². The summed E-state index contributed by atoms with van der Waals surface area (Å²) in [6.07, 6.45) is 3.17.